The Morgan fingerprint density at radius 1 is 0.554 bits per heavy atom. The first-order valence-corrected chi connectivity index (χ1v) is 27.6. The molecule has 1 aliphatic heterocycles. The van der Waals surface area contributed by atoms with Gasteiger partial charge in [-0.25, -0.2) is 0 Å². The molecule has 2 atom stereocenters. The fraction of sp³-hybridized carbons (Fsp3) is 0.451. The minimum absolute atomic E-state index is 0. The normalized spacial score (nSPS) is 19.9. The van der Waals surface area contributed by atoms with Crippen LogP contribution in [0.4, 0.5) is 0 Å². The van der Waals surface area contributed by atoms with Crippen LogP contribution in [0.25, 0.3) is 32.6 Å². The third-order valence-electron chi connectivity index (χ3n) is 12.6. The van der Waals surface area contributed by atoms with Crippen molar-refractivity contribution in [2.24, 2.45) is 0 Å². The molecule has 1 nitrogen and oxygen atoms in total. The van der Waals surface area contributed by atoms with Crippen molar-refractivity contribution >= 4 is 18.5 Å². The van der Waals surface area contributed by atoms with Gasteiger partial charge in [-0.3, -0.25) is 0 Å². The van der Waals surface area contributed by atoms with Gasteiger partial charge in [0.2, 0.25) is 0 Å². The molecule has 56 heavy (non-hydrogen) atoms. The average molecular weight is 971 g/mol. The zero-order valence-electron chi connectivity index (χ0n) is 36.1. The molecule has 2 aliphatic carbocycles. The van der Waals surface area contributed by atoms with Crippen molar-refractivity contribution in [3.63, 3.8) is 0 Å². The van der Waals surface area contributed by atoms with Crippen LogP contribution in [0.15, 0.2) is 96.1 Å². The van der Waals surface area contributed by atoms with Crippen LogP contribution in [-0.2, 0) is 38.5 Å². The van der Waals surface area contributed by atoms with Gasteiger partial charge >= 0.3 is 322 Å². The van der Waals surface area contributed by atoms with E-state index in [9.17, 15) is 0 Å². The van der Waals surface area contributed by atoms with Crippen molar-refractivity contribution in [2.75, 3.05) is 6.61 Å². The van der Waals surface area contributed by atoms with E-state index in [0.717, 1.165) is 13.0 Å². The Morgan fingerprint density at radius 2 is 0.964 bits per heavy atom. The van der Waals surface area contributed by atoms with Crippen LogP contribution in [0.5, 0.6) is 0 Å². The van der Waals surface area contributed by atoms with Crippen molar-refractivity contribution in [3.05, 3.63) is 129 Å². The van der Waals surface area contributed by atoms with E-state index in [1.807, 2.05) is 0 Å². The molecule has 0 saturated carbocycles. The third kappa shape index (κ3) is 8.51. The van der Waals surface area contributed by atoms with Crippen molar-refractivity contribution in [1.29, 1.82) is 0 Å². The summed E-state index contributed by atoms with van der Waals surface area (Å²) in [7, 11) is -2.27. The first-order chi connectivity index (χ1) is 25.4. The van der Waals surface area contributed by atoms with Crippen molar-refractivity contribution < 1.29 is 52.5 Å². The Hall–Kier alpha value is -2.01. The molecule has 1 heterocycles. The minimum atomic E-state index is -2.27. The smallest absolute Gasteiger partial charge is 1.00 e. The number of hydrogen-bond donors (Lipinski definition) is 0. The summed E-state index contributed by atoms with van der Waals surface area (Å²) >= 11 is -1.29. The second-order valence-electron chi connectivity index (χ2n) is 19.8. The van der Waals surface area contributed by atoms with Gasteiger partial charge in [-0.2, -0.15) is 0 Å². The molecule has 5 heteroatoms. The monoisotopic (exact) mass is 970 g/mol. The summed E-state index contributed by atoms with van der Waals surface area (Å²) in [6.07, 6.45) is 4.93. The van der Waals surface area contributed by atoms with Crippen LogP contribution in [0, 0.1) is 0 Å². The second-order valence-corrected chi connectivity index (χ2v) is 29.3. The Labute approximate surface area is 364 Å². The van der Waals surface area contributed by atoms with E-state index in [4.69, 9.17) is 4.74 Å². The van der Waals surface area contributed by atoms with Gasteiger partial charge in [0.15, 0.2) is 0 Å². The van der Waals surface area contributed by atoms with Gasteiger partial charge < -0.3 is 24.8 Å². The fourth-order valence-electron chi connectivity index (χ4n) is 9.82. The Morgan fingerprint density at radius 3 is 1.36 bits per heavy atom. The molecule has 4 bridgehead atoms. The molecule has 0 spiro atoms. The minimum Gasteiger partial charge on any atom is -1.00 e. The number of fused-ring (bicyclic) bond motifs is 8. The summed E-state index contributed by atoms with van der Waals surface area (Å²) in [5.74, 6) is 0. The molecule has 0 aromatic heterocycles. The molecule has 0 N–H and O–H groups in total. The average Bonchev–Trinajstić information content (AvgIpc) is 3.58. The standard InChI is InChI=1S/C51H64OSi.2ClH.Hf/c1-35-33-39-19-17-21-43(37-23-27-41(28-24-37)49(3,4)5)45(39)47(35)53(12,32-16-14-13-15-31-52-51(9,10)11)48-36(2)34-40-20-18-22-44(46(40)48)38-25-29-42(30-26-38)50(6,7)8;;;/h17-30,33-34H,13-16,31-32H2,1-12H3;2*1H;/q;;;+2/p-2. The Kier molecular flexibility index (Phi) is 13.6. The summed E-state index contributed by atoms with van der Waals surface area (Å²) in [5.41, 5.74) is 18.8. The van der Waals surface area contributed by atoms with E-state index in [1.54, 1.807) is 43.8 Å². The summed E-state index contributed by atoms with van der Waals surface area (Å²) in [6, 6.07) is 35.2. The molecule has 4 aromatic carbocycles. The molecule has 3 aliphatic rings. The first-order valence-electron chi connectivity index (χ1n) is 20.7. The maximum absolute atomic E-state index is 6.12. The van der Waals surface area contributed by atoms with Crippen LogP contribution in [-0.4, -0.2) is 20.3 Å². The number of allylic oxidation sites excluding steroid dienone is 2. The maximum atomic E-state index is 6.12. The van der Waals surface area contributed by atoms with Crippen LogP contribution >= 0.6 is 0 Å². The first kappa shape index (κ1) is 45.1. The molecule has 296 valence electrons. The summed E-state index contributed by atoms with van der Waals surface area (Å²) < 4.78 is 7.41. The van der Waals surface area contributed by atoms with E-state index >= 15 is 0 Å². The van der Waals surface area contributed by atoms with E-state index < -0.39 is 31.0 Å². The van der Waals surface area contributed by atoms with Gasteiger partial charge in [-0.1, -0.05) is 0 Å². The second kappa shape index (κ2) is 16.9. The molecular formula is C51H64Cl2HfOSi. The zero-order valence-corrected chi connectivity index (χ0v) is 42.2. The molecule has 0 amide bonds. The summed E-state index contributed by atoms with van der Waals surface area (Å²) in [5, 5.41) is 3.58. The SMILES string of the molecule is CC1=C2c3c(-c4ccc(C(C)(C)C)cc4)cccc3[CH]1[Hf+2][CH]1C(C)=C(c3c(-c4ccc(C(C)(C)C)cc4)cccc31)[Si]2(C)CCCCCCOC(C)(C)C.[Cl-].[Cl-]. The van der Waals surface area contributed by atoms with Gasteiger partial charge in [0.25, 0.3) is 0 Å². The number of hydrogen-bond acceptors (Lipinski definition) is 1. The van der Waals surface area contributed by atoms with Crippen LogP contribution in [0.3, 0.4) is 0 Å². The quantitative estimate of drug-likeness (QED) is 0.121. The van der Waals surface area contributed by atoms with Crippen LogP contribution in [0.1, 0.15) is 143 Å². The van der Waals surface area contributed by atoms with Crippen LogP contribution < -0.4 is 24.8 Å². The van der Waals surface area contributed by atoms with Gasteiger partial charge in [0.05, 0.1) is 0 Å². The molecule has 7 rings (SSSR count). The molecule has 4 aromatic rings. The number of unbranched alkanes of at least 4 members (excludes halogenated alkanes) is 3. The van der Waals surface area contributed by atoms with Crippen molar-refractivity contribution in [3.8, 4) is 22.3 Å². The number of halogens is 2. The molecular weight excluding hydrogens is 906 g/mol. The molecule has 0 radical (unpaired) electrons. The van der Waals surface area contributed by atoms with Crippen molar-refractivity contribution in [2.45, 2.75) is 138 Å². The van der Waals surface area contributed by atoms with Crippen LogP contribution in [0.2, 0.25) is 12.6 Å². The third-order valence-corrected chi connectivity index (χ3v) is 25.2. The topological polar surface area (TPSA) is 9.23 Å². The number of ether oxygens (including phenoxy) is 1. The molecule has 2 unspecified atom stereocenters. The van der Waals surface area contributed by atoms with Gasteiger partial charge in [0.1, 0.15) is 0 Å². The predicted octanol–water partition coefficient (Wildman–Crippen LogP) is 8.61. The van der Waals surface area contributed by atoms with Gasteiger partial charge in [-0.15, -0.1) is 0 Å². The van der Waals surface area contributed by atoms with E-state index in [2.05, 4.69) is 168 Å². The van der Waals surface area contributed by atoms with Crippen molar-refractivity contribution in [1.82, 2.24) is 0 Å². The Bertz CT molecular complexity index is 1970. The molecule has 0 fully saturated rings. The zero-order chi connectivity index (χ0) is 38.8. The Balaban J connectivity index is 0.00000300. The predicted molar refractivity (Wildman–Crippen MR) is 232 cm³/mol. The summed E-state index contributed by atoms with van der Waals surface area (Å²) in [4.78, 5) is 0. The fourth-order valence-corrected chi connectivity index (χ4v) is 23.3. The van der Waals surface area contributed by atoms with Gasteiger partial charge in [0, 0.05) is 0 Å². The van der Waals surface area contributed by atoms with E-state index in [-0.39, 0.29) is 41.2 Å². The summed E-state index contributed by atoms with van der Waals surface area (Å²) in [6.45, 7) is 29.3. The number of benzene rings is 4. The van der Waals surface area contributed by atoms with Gasteiger partial charge in [-0.05, 0) is 20.8 Å². The number of rotatable bonds is 9. The molecule has 0 saturated heterocycles. The van der Waals surface area contributed by atoms with E-state index in [1.165, 1.54) is 58.7 Å². The van der Waals surface area contributed by atoms with E-state index in [0.29, 0.717) is 7.35 Å².